The summed E-state index contributed by atoms with van der Waals surface area (Å²) in [6.07, 6.45) is 0. The summed E-state index contributed by atoms with van der Waals surface area (Å²) in [6, 6.07) is 10.3. The van der Waals surface area contributed by atoms with E-state index in [-0.39, 0.29) is 21.7 Å². The van der Waals surface area contributed by atoms with E-state index in [0.29, 0.717) is 0 Å². The van der Waals surface area contributed by atoms with Gasteiger partial charge >= 0.3 is 54.6 Å². The Balaban J connectivity index is 0.000000490. The Labute approximate surface area is 76.0 Å². The Bertz CT molecular complexity index is 136. The molecule has 0 radical (unpaired) electrons. The van der Waals surface area contributed by atoms with Crippen LogP contribution in [-0.4, -0.2) is 0 Å². The van der Waals surface area contributed by atoms with Crippen LogP contribution in [0.2, 0.25) is 0 Å². The van der Waals surface area contributed by atoms with Gasteiger partial charge < -0.3 is 0 Å². The fourth-order valence-corrected chi connectivity index (χ4v) is 0.739. The van der Waals surface area contributed by atoms with Gasteiger partial charge in [0.2, 0.25) is 0 Å². The molecule has 0 heterocycles. The Morgan fingerprint density at radius 2 is 1.50 bits per heavy atom. The molecular weight excluding hydrogens is 168 g/mol. The standard InChI is InChI=1S/C6H5.2Ti/c1-2-4-6-5-3-1;;/h1-5H;;. The van der Waals surface area contributed by atoms with Crippen LogP contribution in [-0.2, 0) is 42.2 Å². The van der Waals surface area contributed by atoms with E-state index < -0.39 is 0 Å². The van der Waals surface area contributed by atoms with Crippen molar-refractivity contribution in [2.45, 2.75) is 0 Å². The molecule has 0 bridgehead atoms. The van der Waals surface area contributed by atoms with E-state index in [1.807, 2.05) is 18.2 Å². The van der Waals surface area contributed by atoms with Crippen molar-refractivity contribution in [2.75, 3.05) is 0 Å². The molecule has 2 heteroatoms. The Hall–Kier alpha value is 0.649. The summed E-state index contributed by atoms with van der Waals surface area (Å²) in [6.45, 7) is 0. The Morgan fingerprint density at radius 3 is 1.75 bits per heavy atom. The van der Waals surface area contributed by atoms with Crippen molar-refractivity contribution in [1.82, 2.24) is 0 Å². The maximum atomic E-state index is 2.08. The predicted octanol–water partition coefficient (Wildman–Crippen LogP) is 0.856. The third-order valence-corrected chi connectivity index (χ3v) is 1.29. The van der Waals surface area contributed by atoms with E-state index in [4.69, 9.17) is 0 Å². The third kappa shape index (κ3) is 2.84. The van der Waals surface area contributed by atoms with Crippen molar-refractivity contribution < 1.29 is 42.2 Å². The first-order chi connectivity index (χ1) is 3.39. The van der Waals surface area contributed by atoms with E-state index >= 15 is 0 Å². The Morgan fingerprint density at radius 1 is 1.00 bits per heavy atom. The van der Waals surface area contributed by atoms with Gasteiger partial charge in [-0.3, -0.25) is 0 Å². The minimum atomic E-state index is 0. The van der Waals surface area contributed by atoms with Crippen molar-refractivity contribution in [3.63, 3.8) is 0 Å². The predicted molar refractivity (Wildman–Crippen MR) is 26.1 cm³/mol. The molecule has 0 saturated carbocycles. The van der Waals surface area contributed by atoms with Gasteiger partial charge in [-0.1, -0.05) is 0 Å². The minimum absolute atomic E-state index is 0. The van der Waals surface area contributed by atoms with Crippen LogP contribution in [0.5, 0.6) is 0 Å². The molecule has 0 aliphatic heterocycles. The molecule has 0 spiro atoms. The second-order valence-corrected chi connectivity index (χ2v) is 2.27. The summed E-state index contributed by atoms with van der Waals surface area (Å²) in [7, 11) is 0. The van der Waals surface area contributed by atoms with Crippen molar-refractivity contribution in [3.8, 4) is 0 Å². The normalized spacial score (nSPS) is 7.38. The molecule has 0 aromatic heterocycles. The van der Waals surface area contributed by atoms with Gasteiger partial charge in [0.1, 0.15) is 0 Å². The van der Waals surface area contributed by atoms with Crippen molar-refractivity contribution in [2.24, 2.45) is 0 Å². The zero-order valence-electron chi connectivity index (χ0n) is 4.39. The van der Waals surface area contributed by atoms with E-state index in [0.717, 1.165) is 0 Å². The van der Waals surface area contributed by atoms with Gasteiger partial charge in [0, 0.05) is 21.7 Å². The van der Waals surface area contributed by atoms with Crippen molar-refractivity contribution in [1.29, 1.82) is 0 Å². The molecule has 0 amide bonds. The van der Waals surface area contributed by atoms with E-state index in [9.17, 15) is 0 Å². The topological polar surface area (TPSA) is 0 Å². The van der Waals surface area contributed by atoms with Crippen LogP contribution in [0.3, 0.4) is 0 Å². The fourth-order valence-electron chi connectivity index (χ4n) is 0.438. The zero-order valence-corrected chi connectivity index (χ0v) is 7.51. The van der Waals surface area contributed by atoms with Crippen LogP contribution in [0.25, 0.3) is 0 Å². The van der Waals surface area contributed by atoms with Crippen LogP contribution in [0.4, 0.5) is 0 Å². The molecule has 0 saturated heterocycles. The van der Waals surface area contributed by atoms with Crippen LogP contribution >= 0.6 is 0 Å². The van der Waals surface area contributed by atoms with Crippen LogP contribution in [0, 0.1) is 0 Å². The molecule has 0 N–H and O–H groups in total. The van der Waals surface area contributed by atoms with Gasteiger partial charge in [0.05, 0.1) is 0 Å². The summed E-state index contributed by atoms with van der Waals surface area (Å²) in [4.78, 5) is 0. The first-order valence-corrected chi connectivity index (χ1v) is 2.94. The maximum absolute atomic E-state index is 2.08. The molecule has 37 valence electrons. The fraction of sp³-hybridized carbons (Fsp3) is 0. The number of rotatable bonds is 0. The van der Waals surface area contributed by atoms with Gasteiger partial charge in [-0.05, 0) is 0 Å². The quantitative estimate of drug-likeness (QED) is 0.510. The molecule has 0 aliphatic carbocycles. The van der Waals surface area contributed by atoms with Gasteiger partial charge in [-0.15, -0.1) is 0 Å². The first-order valence-electron chi connectivity index (χ1n) is 2.16. The molecule has 8 heavy (non-hydrogen) atoms. The Kier molecular flexibility index (Phi) is 4.89. The van der Waals surface area contributed by atoms with Crippen LogP contribution in [0.15, 0.2) is 30.3 Å². The third-order valence-electron chi connectivity index (χ3n) is 0.774. The number of hydrogen-bond acceptors (Lipinski definition) is 0. The average Bonchev–Trinajstić information content (AvgIpc) is 1.69. The molecule has 1 aromatic carbocycles. The molecule has 0 nitrogen and oxygen atoms in total. The average molecular weight is 173 g/mol. The van der Waals surface area contributed by atoms with Gasteiger partial charge in [0.25, 0.3) is 0 Å². The SMILES string of the molecule is [Ti].[Ti][c]1ccccc1. The number of benzene rings is 1. The number of hydrogen-bond donors (Lipinski definition) is 0. The van der Waals surface area contributed by atoms with Crippen molar-refractivity contribution in [3.05, 3.63) is 30.3 Å². The molecule has 0 fully saturated rings. The zero-order chi connectivity index (χ0) is 5.11. The second kappa shape index (κ2) is 4.52. The summed E-state index contributed by atoms with van der Waals surface area (Å²) < 4.78 is 1.32. The van der Waals surface area contributed by atoms with E-state index in [1.165, 1.54) is 3.87 Å². The summed E-state index contributed by atoms with van der Waals surface area (Å²) in [5.41, 5.74) is 0. The van der Waals surface area contributed by atoms with E-state index in [2.05, 4.69) is 32.6 Å². The molecule has 0 aliphatic rings. The molecular formula is C6H5Ti2. The first kappa shape index (κ1) is 8.65. The van der Waals surface area contributed by atoms with Gasteiger partial charge in [0.15, 0.2) is 0 Å². The summed E-state index contributed by atoms with van der Waals surface area (Å²) >= 11 is 2.08. The van der Waals surface area contributed by atoms with Crippen LogP contribution in [0.1, 0.15) is 0 Å². The van der Waals surface area contributed by atoms with Gasteiger partial charge in [-0.25, -0.2) is 0 Å². The monoisotopic (exact) mass is 173 g/mol. The van der Waals surface area contributed by atoms with Crippen LogP contribution < -0.4 is 3.87 Å². The second-order valence-electron chi connectivity index (χ2n) is 1.37. The van der Waals surface area contributed by atoms with E-state index in [1.54, 1.807) is 0 Å². The summed E-state index contributed by atoms with van der Waals surface area (Å²) in [5.74, 6) is 0. The van der Waals surface area contributed by atoms with Gasteiger partial charge in [-0.2, -0.15) is 0 Å². The molecule has 1 rings (SSSR count). The molecule has 0 unspecified atom stereocenters. The molecule has 0 atom stereocenters. The molecule has 1 aromatic rings. The summed E-state index contributed by atoms with van der Waals surface area (Å²) in [5, 5.41) is 0. The van der Waals surface area contributed by atoms with Crippen molar-refractivity contribution >= 4 is 3.87 Å².